The molecule has 15 nitrogen and oxygen atoms in total. The van der Waals surface area contributed by atoms with Gasteiger partial charge in [-0.25, -0.2) is 4.79 Å². The number of carboxylic acid groups (broad SMARTS) is 1. The molecule has 0 fully saturated rings. The maximum absolute atomic E-state index is 13.0. The molecule has 8 N–H and O–H groups in total. The average molecular weight is 636 g/mol. The van der Waals surface area contributed by atoms with Crippen molar-refractivity contribution >= 4 is 40.0 Å². The standard InChI is InChI=1S/C28H37N5O10S/c1-17(2)12-23(28(38)39)33-27(37)22(14-18-6-4-3-5-7-18)32-25(35)16-30-24(34)15-31-26(36)21(29)13-19-8-10-20(11-9-19)43-44(40,41)42/h3-11,17,21-23H,12-16,29H2,1-2H3,(H,30,34)(H,31,36)(H,32,35)(H,33,37)(H,38,39)(H,40,41,42). The molecule has 0 aromatic heterocycles. The van der Waals surface area contributed by atoms with Gasteiger partial charge in [0.1, 0.15) is 17.8 Å². The maximum Gasteiger partial charge on any atom is 0.446 e. The molecular formula is C28H37N5O10S. The lowest BCUT2D eigenvalue weighted by Crippen LogP contribution is -2.54. The number of hydrogen-bond acceptors (Lipinski definition) is 9. The Hall–Kier alpha value is -4.54. The Labute approximate surface area is 254 Å². The van der Waals surface area contributed by atoms with Crippen LogP contribution in [0.5, 0.6) is 5.75 Å². The van der Waals surface area contributed by atoms with Crippen molar-refractivity contribution in [2.45, 2.75) is 51.2 Å². The second-order valence-electron chi connectivity index (χ2n) is 10.3. The smallest absolute Gasteiger partial charge is 0.446 e. The predicted molar refractivity (Wildman–Crippen MR) is 157 cm³/mol. The first-order chi connectivity index (χ1) is 20.6. The Morgan fingerprint density at radius 2 is 1.39 bits per heavy atom. The van der Waals surface area contributed by atoms with Crippen LogP contribution in [0.2, 0.25) is 0 Å². The molecule has 0 spiro atoms. The second kappa shape index (κ2) is 16.9. The van der Waals surface area contributed by atoms with Crippen LogP contribution < -0.4 is 31.2 Å². The molecule has 16 heteroatoms. The van der Waals surface area contributed by atoms with E-state index in [2.05, 4.69) is 25.5 Å². The first-order valence-corrected chi connectivity index (χ1v) is 14.9. The van der Waals surface area contributed by atoms with Crippen LogP contribution in [0.4, 0.5) is 0 Å². The number of carbonyl (C=O) groups excluding carboxylic acids is 4. The van der Waals surface area contributed by atoms with Crippen LogP contribution in [0.3, 0.4) is 0 Å². The lowest BCUT2D eigenvalue weighted by molar-refractivity contribution is -0.142. The number of rotatable bonds is 17. The van der Waals surface area contributed by atoms with E-state index in [0.717, 1.165) is 0 Å². The summed E-state index contributed by atoms with van der Waals surface area (Å²) in [7, 11) is -4.68. The van der Waals surface area contributed by atoms with Gasteiger partial charge in [-0.05, 0) is 42.0 Å². The van der Waals surface area contributed by atoms with Crippen molar-refractivity contribution in [2.75, 3.05) is 13.1 Å². The van der Waals surface area contributed by atoms with Gasteiger partial charge in [0, 0.05) is 6.42 Å². The number of aliphatic carboxylic acids is 1. The summed E-state index contributed by atoms with van der Waals surface area (Å²) < 4.78 is 34.5. The Morgan fingerprint density at radius 1 is 0.795 bits per heavy atom. The second-order valence-corrected chi connectivity index (χ2v) is 11.3. The highest BCUT2D eigenvalue weighted by Crippen LogP contribution is 2.15. The lowest BCUT2D eigenvalue weighted by Gasteiger charge is -2.22. The van der Waals surface area contributed by atoms with Gasteiger partial charge in [0.15, 0.2) is 0 Å². The van der Waals surface area contributed by atoms with Crippen molar-refractivity contribution < 1.29 is 46.2 Å². The van der Waals surface area contributed by atoms with Crippen LogP contribution in [-0.4, -0.2) is 78.9 Å². The van der Waals surface area contributed by atoms with Crippen LogP contribution in [-0.2, 0) is 47.2 Å². The topological polar surface area (TPSA) is 243 Å². The van der Waals surface area contributed by atoms with Crippen LogP contribution in [0.15, 0.2) is 54.6 Å². The largest absolute Gasteiger partial charge is 0.480 e. The fraction of sp³-hybridized carbons (Fsp3) is 0.393. The summed E-state index contributed by atoms with van der Waals surface area (Å²) in [5.41, 5.74) is 7.14. The summed E-state index contributed by atoms with van der Waals surface area (Å²) in [6, 6.07) is 10.8. The van der Waals surface area contributed by atoms with Crippen LogP contribution in [0, 0.1) is 5.92 Å². The van der Waals surface area contributed by atoms with Gasteiger partial charge in [-0.3, -0.25) is 23.7 Å². The molecule has 240 valence electrons. The van der Waals surface area contributed by atoms with Crippen LogP contribution in [0.1, 0.15) is 31.4 Å². The number of hydrogen-bond donors (Lipinski definition) is 7. The van der Waals surface area contributed by atoms with E-state index in [1.807, 2.05) is 13.8 Å². The third kappa shape index (κ3) is 13.6. The molecule has 44 heavy (non-hydrogen) atoms. The molecule has 2 aromatic carbocycles. The van der Waals surface area contributed by atoms with E-state index < -0.39 is 71.2 Å². The molecule has 0 aliphatic carbocycles. The minimum Gasteiger partial charge on any atom is -0.480 e. The van der Waals surface area contributed by atoms with E-state index in [0.29, 0.717) is 11.1 Å². The normalized spacial score (nSPS) is 13.2. The molecule has 4 amide bonds. The number of nitrogens with two attached hydrogens (primary N) is 1. The quantitative estimate of drug-likeness (QED) is 0.107. The van der Waals surface area contributed by atoms with Gasteiger partial charge in [0.05, 0.1) is 19.1 Å². The summed E-state index contributed by atoms with van der Waals surface area (Å²) in [5, 5.41) is 19.2. The third-order valence-corrected chi connectivity index (χ3v) is 6.45. The fourth-order valence-corrected chi connectivity index (χ4v) is 4.31. The van der Waals surface area contributed by atoms with Crippen LogP contribution >= 0.6 is 0 Å². The molecule has 0 heterocycles. The van der Waals surface area contributed by atoms with E-state index in [9.17, 15) is 37.5 Å². The summed E-state index contributed by atoms with van der Waals surface area (Å²) in [6.45, 7) is 2.61. The number of nitrogens with one attached hydrogen (secondary N) is 4. The Kier molecular flexibility index (Phi) is 13.7. The molecular weight excluding hydrogens is 598 g/mol. The molecule has 3 unspecified atom stereocenters. The van der Waals surface area contributed by atoms with Gasteiger partial charge in [0.2, 0.25) is 23.6 Å². The van der Waals surface area contributed by atoms with Gasteiger partial charge in [-0.15, -0.1) is 0 Å². The number of benzene rings is 2. The lowest BCUT2D eigenvalue weighted by atomic mass is 10.0. The monoisotopic (exact) mass is 635 g/mol. The minimum absolute atomic E-state index is 0.00832. The van der Waals surface area contributed by atoms with Crippen molar-refractivity contribution in [1.29, 1.82) is 0 Å². The minimum atomic E-state index is -4.68. The zero-order chi connectivity index (χ0) is 32.9. The van der Waals surface area contributed by atoms with Gasteiger partial charge in [-0.1, -0.05) is 56.3 Å². The molecule has 2 aromatic rings. The molecule has 0 aliphatic heterocycles. The Morgan fingerprint density at radius 3 is 1.95 bits per heavy atom. The highest BCUT2D eigenvalue weighted by Gasteiger charge is 2.27. The SMILES string of the molecule is CC(C)CC(NC(=O)C(Cc1ccccc1)NC(=O)CNC(=O)CNC(=O)C(N)Cc1ccc(OS(=O)(=O)O)cc1)C(=O)O. The summed E-state index contributed by atoms with van der Waals surface area (Å²) >= 11 is 0. The maximum atomic E-state index is 13.0. The molecule has 0 aliphatic rings. The molecule has 0 bridgehead atoms. The first-order valence-electron chi connectivity index (χ1n) is 13.5. The summed E-state index contributed by atoms with van der Waals surface area (Å²) in [4.78, 5) is 61.8. The molecule has 2 rings (SSSR count). The van der Waals surface area contributed by atoms with Gasteiger partial charge < -0.3 is 36.3 Å². The van der Waals surface area contributed by atoms with Crippen molar-refractivity contribution in [1.82, 2.24) is 21.3 Å². The Balaban J connectivity index is 1.87. The molecule has 0 saturated carbocycles. The fourth-order valence-electron chi connectivity index (χ4n) is 3.96. The van der Waals surface area contributed by atoms with Gasteiger partial charge in [0.25, 0.3) is 0 Å². The molecule has 0 saturated heterocycles. The highest BCUT2D eigenvalue weighted by molar-refractivity contribution is 7.81. The molecule has 0 radical (unpaired) electrons. The Bertz CT molecular complexity index is 1400. The van der Waals surface area contributed by atoms with E-state index in [-0.39, 0.29) is 30.9 Å². The third-order valence-electron chi connectivity index (χ3n) is 6.04. The van der Waals surface area contributed by atoms with Crippen LogP contribution in [0.25, 0.3) is 0 Å². The summed E-state index contributed by atoms with van der Waals surface area (Å²) in [6.07, 6.45) is 0.300. The average Bonchev–Trinajstić information content (AvgIpc) is 2.94. The number of amides is 4. The van der Waals surface area contributed by atoms with E-state index in [4.69, 9.17) is 10.3 Å². The zero-order valence-corrected chi connectivity index (χ0v) is 25.0. The first kappa shape index (κ1) is 35.7. The van der Waals surface area contributed by atoms with Crippen molar-refractivity contribution in [3.8, 4) is 5.75 Å². The molecule has 3 atom stereocenters. The van der Waals surface area contributed by atoms with Crippen molar-refractivity contribution in [3.63, 3.8) is 0 Å². The van der Waals surface area contributed by atoms with E-state index in [1.165, 1.54) is 24.3 Å². The number of carbonyl (C=O) groups is 5. The van der Waals surface area contributed by atoms with Gasteiger partial charge >= 0.3 is 16.4 Å². The number of carboxylic acids is 1. The van der Waals surface area contributed by atoms with E-state index >= 15 is 0 Å². The van der Waals surface area contributed by atoms with Crippen molar-refractivity contribution in [3.05, 3.63) is 65.7 Å². The predicted octanol–water partition coefficient (Wildman–Crippen LogP) is -0.687. The van der Waals surface area contributed by atoms with Gasteiger partial charge in [-0.2, -0.15) is 8.42 Å². The highest BCUT2D eigenvalue weighted by atomic mass is 32.3. The zero-order valence-electron chi connectivity index (χ0n) is 24.2. The summed E-state index contributed by atoms with van der Waals surface area (Å²) in [5.74, 6) is -4.13. The van der Waals surface area contributed by atoms with Crippen molar-refractivity contribution in [2.24, 2.45) is 11.7 Å². The van der Waals surface area contributed by atoms with E-state index in [1.54, 1.807) is 30.3 Å².